The predicted octanol–water partition coefficient (Wildman–Crippen LogP) is 5.85. The molecule has 5 aromatic rings. The summed E-state index contributed by atoms with van der Waals surface area (Å²) in [7, 11) is -3.73. The van der Waals surface area contributed by atoms with Gasteiger partial charge in [-0.25, -0.2) is 18.1 Å². The van der Waals surface area contributed by atoms with E-state index in [0.717, 1.165) is 11.9 Å². The first-order valence-electron chi connectivity index (χ1n) is 12.3. The molecular weight excluding hydrogens is 595 g/mol. The number of rotatable bonds is 7. The molecule has 2 aromatic heterocycles. The van der Waals surface area contributed by atoms with E-state index in [1.54, 1.807) is 24.3 Å². The van der Waals surface area contributed by atoms with Crippen molar-refractivity contribution < 1.29 is 31.4 Å². The summed E-state index contributed by atoms with van der Waals surface area (Å²) < 4.78 is 70.4. The van der Waals surface area contributed by atoms with Gasteiger partial charge in [0.05, 0.1) is 40.5 Å². The van der Waals surface area contributed by atoms with E-state index in [-0.39, 0.29) is 21.2 Å². The minimum absolute atomic E-state index is 0.0877. The van der Waals surface area contributed by atoms with Crippen LogP contribution in [0.5, 0.6) is 5.75 Å². The van der Waals surface area contributed by atoms with Crippen LogP contribution in [0.2, 0.25) is 5.02 Å². The zero-order valence-corrected chi connectivity index (χ0v) is 24.0. The highest BCUT2D eigenvalue weighted by Gasteiger charge is 2.31. The van der Waals surface area contributed by atoms with Gasteiger partial charge in [0.25, 0.3) is 0 Å². The van der Waals surface area contributed by atoms with Crippen molar-refractivity contribution in [2.45, 2.75) is 31.7 Å². The van der Waals surface area contributed by atoms with Gasteiger partial charge in [-0.05, 0) is 73.5 Å². The second-order valence-corrected chi connectivity index (χ2v) is 11.9. The Morgan fingerprint density at radius 1 is 0.976 bits per heavy atom. The number of imidazole rings is 1. The Bertz CT molecular complexity index is 1900. The highest BCUT2D eigenvalue weighted by atomic mass is 35.5. The van der Waals surface area contributed by atoms with Gasteiger partial charge < -0.3 is 14.4 Å². The number of aryl methyl sites for hydroxylation is 2. The van der Waals surface area contributed by atoms with Crippen molar-refractivity contribution in [3.63, 3.8) is 0 Å². The quantitative estimate of drug-likeness (QED) is 0.244. The number of ether oxygens (including phenoxy) is 1. The molecule has 0 atom stereocenters. The molecule has 0 bridgehead atoms. The lowest BCUT2D eigenvalue weighted by Gasteiger charge is -2.17. The van der Waals surface area contributed by atoms with Crippen LogP contribution in [0.1, 0.15) is 17.1 Å². The van der Waals surface area contributed by atoms with E-state index in [1.807, 2.05) is 24.6 Å². The van der Waals surface area contributed by atoms with Crippen molar-refractivity contribution in [2.75, 3.05) is 6.26 Å². The molecule has 218 valence electrons. The molecule has 14 heteroatoms. The number of aliphatic hydroxyl groups is 1. The molecular formula is C28H23ClF3N5O4S. The monoisotopic (exact) mass is 617 g/mol. The fraction of sp³-hybridized carbons (Fsp3) is 0.179. The van der Waals surface area contributed by atoms with Crippen LogP contribution < -0.4 is 4.74 Å². The molecule has 0 aliphatic heterocycles. The van der Waals surface area contributed by atoms with Gasteiger partial charge in [0.1, 0.15) is 11.6 Å². The summed E-state index contributed by atoms with van der Waals surface area (Å²) >= 11 is 6.39. The van der Waals surface area contributed by atoms with E-state index in [1.165, 1.54) is 41.2 Å². The van der Waals surface area contributed by atoms with Crippen molar-refractivity contribution >= 4 is 21.4 Å². The summed E-state index contributed by atoms with van der Waals surface area (Å²) in [5, 5.41) is 18.2. The Morgan fingerprint density at radius 3 is 2.26 bits per heavy atom. The van der Waals surface area contributed by atoms with Crippen molar-refractivity contribution in [1.82, 2.24) is 24.5 Å². The Labute approximate surface area is 243 Å². The average Bonchev–Trinajstić information content (AvgIpc) is 3.52. The summed E-state index contributed by atoms with van der Waals surface area (Å²) in [6, 6.07) is 13.7. The largest absolute Gasteiger partial charge is 0.573 e. The molecule has 1 N–H and O–H groups in total. The summed E-state index contributed by atoms with van der Waals surface area (Å²) in [6.45, 7) is 3.12. The number of halogens is 4. The van der Waals surface area contributed by atoms with Crippen LogP contribution in [-0.2, 0) is 16.4 Å². The zero-order chi connectivity index (χ0) is 30.4. The molecule has 0 aliphatic rings. The molecule has 0 saturated heterocycles. The number of hydrogen-bond acceptors (Lipinski definition) is 7. The summed E-state index contributed by atoms with van der Waals surface area (Å²) in [5.41, 5.74) is 4.06. The molecule has 2 heterocycles. The van der Waals surface area contributed by atoms with Crippen LogP contribution in [0.15, 0.2) is 71.9 Å². The van der Waals surface area contributed by atoms with Gasteiger partial charge in [-0.3, -0.25) is 0 Å². The maximum atomic E-state index is 12.7. The van der Waals surface area contributed by atoms with Crippen LogP contribution >= 0.6 is 11.6 Å². The van der Waals surface area contributed by atoms with Crippen LogP contribution in [0.25, 0.3) is 33.8 Å². The Kier molecular flexibility index (Phi) is 7.60. The topological polar surface area (TPSA) is 112 Å². The Morgan fingerprint density at radius 2 is 1.67 bits per heavy atom. The second-order valence-electron chi connectivity index (χ2n) is 9.47. The highest BCUT2D eigenvalue weighted by Crippen LogP contribution is 2.35. The van der Waals surface area contributed by atoms with E-state index in [4.69, 9.17) is 11.6 Å². The smallest absolute Gasteiger partial charge is 0.406 e. The van der Waals surface area contributed by atoms with Crippen LogP contribution in [0.4, 0.5) is 13.2 Å². The van der Waals surface area contributed by atoms with E-state index in [9.17, 15) is 26.7 Å². The summed E-state index contributed by atoms with van der Waals surface area (Å²) in [5.74, 6) is 0.314. The van der Waals surface area contributed by atoms with Gasteiger partial charge in [-0.15, -0.1) is 18.3 Å². The van der Waals surface area contributed by atoms with Crippen molar-refractivity contribution in [3.05, 3.63) is 89.1 Å². The van der Waals surface area contributed by atoms with E-state index < -0.39 is 22.8 Å². The predicted molar refractivity (Wildman–Crippen MR) is 150 cm³/mol. The summed E-state index contributed by atoms with van der Waals surface area (Å²) in [4.78, 5) is 4.39. The average molecular weight is 618 g/mol. The number of nitrogens with zero attached hydrogens (tertiary/aromatic N) is 5. The van der Waals surface area contributed by atoms with Gasteiger partial charge in [0, 0.05) is 28.6 Å². The normalized spacial score (nSPS) is 12.1. The molecule has 0 saturated carbocycles. The standard InChI is InChI=1S/C28H23ClF3N5O4S/c1-16-14-36(17(2)34-16)24-9-6-19(20-10-23(29)22(15-38)27(12-20)42(3,39)40)11-25(24)37-26(13-33-35-37)18-4-7-21(8-5-18)41-28(30,31)32/h4-14,38H,15H2,1-3H3. The number of aromatic nitrogens is 5. The summed E-state index contributed by atoms with van der Waals surface area (Å²) in [6.07, 6.45) is -0.484. The molecule has 5 rings (SSSR count). The van der Waals surface area contributed by atoms with Crippen LogP contribution in [-0.4, -0.2) is 50.7 Å². The number of sulfone groups is 1. The molecule has 42 heavy (non-hydrogen) atoms. The first-order chi connectivity index (χ1) is 19.7. The fourth-order valence-electron chi connectivity index (χ4n) is 4.64. The van der Waals surface area contributed by atoms with Crippen molar-refractivity contribution in [2.24, 2.45) is 0 Å². The lowest BCUT2D eigenvalue weighted by atomic mass is 10.0. The SMILES string of the molecule is Cc1cn(-c2ccc(-c3cc(Cl)c(CO)c(S(C)(=O)=O)c3)cc2-n2nncc2-c2ccc(OC(F)(F)F)cc2)c(C)n1. The van der Waals surface area contributed by atoms with E-state index in [0.29, 0.717) is 39.6 Å². The number of benzene rings is 3. The third-order valence-corrected chi connectivity index (χ3v) is 7.94. The molecule has 0 unspecified atom stereocenters. The molecule has 0 aliphatic carbocycles. The van der Waals surface area contributed by atoms with Crippen LogP contribution in [0, 0.1) is 13.8 Å². The van der Waals surface area contributed by atoms with Crippen molar-refractivity contribution in [3.8, 4) is 39.5 Å². The number of aliphatic hydroxyl groups excluding tert-OH is 1. The molecule has 0 fully saturated rings. The Balaban J connectivity index is 1.70. The highest BCUT2D eigenvalue weighted by molar-refractivity contribution is 7.90. The lowest BCUT2D eigenvalue weighted by Crippen LogP contribution is -2.16. The van der Waals surface area contributed by atoms with Gasteiger partial charge in [0.2, 0.25) is 0 Å². The fourth-order valence-corrected chi connectivity index (χ4v) is 5.94. The zero-order valence-electron chi connectivity index (χ0n) is 22.4. The van der Waals surface area contributed by atoms with Crippen LogP contribution in [0.3, 0.4) is 0 Å². The maximum absolute atomic E-state index is 12.7. The third kappa shape index (κ3) is 5.89. The minimum Gasteiger partial charge on any atom is -0.406 e. The third-order valence-electron chi connectivity index (χ3n) is 6.44. The molecule has 3 aromatic carbocycles. The van der Waals surface area contributed by atoms with E-state index >= 15 is 0 Å². The molecule has 0 amide bonds. The van der Waals surface area contributed by atoms with Crippen molar-refractivity contribution in [1.29, 1.82) is 0 Å². The first kappa shape index (κ1) is 29.3. The molecule has 0 radical (unpaired) electrons. The Hall–Kier alpha value is -4.20. The maximum Gasteiger partial charge on any atom is 0.573 e. The lowest BCUT2D eigenvalue weighted by molar-refractivity contribution is -0.274. The van der Waals surface area contributed by atoms with Gasteiger partial charge in [0.15, 0.2) is 9.84 Å². The molecule has 0 spiro atoms. The number of hydrogen-bond donors (Lipinski definition) is 1. The first-order valence-corrected chi connectivity index (χ1v) is 14.6. The van der Waals surface area contributed by atoms with Gasteiger partial charge >= 0.3 is 6.36 Å². The number of alkyl halides is 3. The van der Waals surface area contributed by atoms with E-state index in [2.05, 4.69) is 20.0 Å². The molecule has 9 nitrogen and oxygen atoms in total. The van der Waals surface area contributed by atoms with Gasteiger partial charge in [-0.2, -0.15) is 0 Å². The minimum atomic E-state index is -4.82. The second kappa shape index (κ2) is 10.9. The van der Waals surface area contributed by atoms with Gasteiger partial charge in [-0.1, -0.05) is 22.9 Å².